The Morgan fingerprint density at radius 2 is 2.06 bits per heavy atom. The van der Waals surface area contributed by atoms with E-state index in [1.807, 2.05) is 0 Å². The zero-order chi connectivity index (χ0) is 12.0. The van der Waals surface area contributed by atoms with Crippen LogP contribution in [0.3, 0.4) is 0 Å². The number of aliphatic hydroxyl groups is 1. The molecule has 0 spiro atoms. The third-order valence-electron chi connectivity index (χ3n) is 3.70. The van der Waals surface area contributed by atoms with Crippen molar-refractivity contribution in [3.63, 3.8) is 0 Å². The average Bonchev–Trinajstić information content (AvgIpc) is 2.54. The van der Waals surface area contributed by atoms with Crippen LogP contribution in [0.1, 0.15) is 40.0 Å². The zero-order valence-electron chi connectivity index (χ0n) is 11.1. The number of hydrogen-bond donors (Lipinski definition) is 2. The van der Waals surface area contributed by atoms with Gasteiger partial charge in [0.1, 0.15) is 0 Å². The van der Waals surface area contributed by atoms with Crippen LogP contribution in [0.2, 0.25) is 0 Å². The second kappa shape index (κ2) is 6.58. The second-order valence-electron chi connectivity index (χ2n) is 5.68. The summed E-state index contributed by atoms with van der Waals surface area (Å²) in [5, 5.41) is 13.1. The molecule has 0 radical (unpaired) electrons. The van der Waals surface area contributed by atoms with Gasteiger partial charge in [0.2, 0.25) is 0 Å². The maximum Gasteiger partial charge on any atom is 0.0612 e. The molecule has 0 aromatic carbocycles. The Morgan fingerprint density at radius 1 is 1.31 bits per heavy atom. The van der Waals surface area contributed by atoms with Crippen LogP contribution in [0.5, 0.6) is 0 Å². The fourth-order valence-electron chi connectivity index (χ4n) is 2.32. The van der Waals surface area contributed by atoms with Gasteiger partial charge in [-0.15, -0.1) is 0 Å². The molecule has 1 atom stereocenters. The molecule has 1 aliphatic rings. The van der Waals surface area contributed by atoms with Gasteiger partial charge in [-0.05, 0) is 38.6 Å². The highest BCUT2D eigenvalue weighted by molar-refractivity contribution is 4.87. The Balaban J connectivity index is 2.54. The van der Waals surface area contributed by atoms with Crippen molar-refractivity contribution in [2.75, 3.05) is 32.8 Å². The van der Waals surface area contributed by atoms with Crippen molar-refractivity contribution in [3.8, 4) is 0 Å². The second-order valence-corrected chi connectivity index (χ2v) is 5.68. The summed E-state index contributed by atoms with van der Waals surface area (Å²) in [6.45, 7) is 11.3. The predicted molar refractivity (Wildman–Crippen MR) is 68.6 cm³/mol. The first-order chi connectivity index (χ1) is 7.58. The monoisotopic (exact) mass is 228 g/mol. The number of rotatable bonds is 5. The zero-order valence-corrected chi connectivity index (χ0v) is 11.1. The molecule has 1 fully saturated rings. The number of nitrogens with one attached hydrogen (secondary N) is 1. The van der Waals surface area contributed by atoms with Crippen molar-refractivity contribution >= 4 is 0 Å². The molecule has 0 amide bonds. The third kappa shape index (κ3) is 4.04. The van der Waals surface area contributed by atoms with E-state index in [0.29, 0.717) is 0 Å². The molecule has 3 nitrogen and oxygen atoms in total. The van der Waals surface area contributed by atoms with E-state index in [0.717, 1.165) is 38.5 Å². The molecule has 96 valence electrons. The summed E-state index contributed by atoms with van der Waals surface area (Å²) in [5.74, 6) is 0.718. The van der Waals surface area contributed by atoms with Crippen LogP contribution in [0, 0.1) is 5.92 Å². The number of nitrogens with zero attached hydrogens (tertiary/aromatic N) is 1. The van der Waals surface area contributed by atoms with Crippen molar-refractivity contribution in [1.29, 1.82) is 0 Å². The summed E-state index contributed by atoms with van der Waals surface area (Å²) in [6.07, 6.45) is 3.49. The summed E-state index contributed by atoms with van der Waals surface area (Å²) in [6, 6.07) is 0. The lowest BCUT2D eigenvalue weighted by atomic mass is 9.90. The van der Waals surface area contributed by atoms with Crippen molar-refractivity contribution < 1.29 is 5.11 Å². The van der Waals surface area contributed by atoms with Gasteiger partial charge in [0, 0.05) is 25.2 Å². The summed E-state index contributed by atoms with van der Waals surface area (Å²) in [4.78, 5) is 2.47. The molecule has 0 saturated carbocycles. The smallest absolute Gasteiger partial charge is 0.0612 e. The minimum absolute atomic E-state index is 0.0176. The van der Waals surface area contributed by atoms with E-state index >= 15 is 0 Å². The molecular weight excluding hydrogens is 200 g/mol. The quantitative estimate of drug-likeness (QED) is 0.748. The first-order valence-electron chi connectivity index (χ1n) is 6.65. The summed E-state index contributed by atoms with van der Waals surface area (Å²) in [5.41, 5.74) is -0.0176. The largest absolute Gasteiger partial charge is 0.394 e. The van der Waals surface area contributed by atoms with Crippen LogP contribution in [0.4, 0.5) is 0 Å². The molecule has 2 N–H and O–H groups in total. The molecule has 1 saturated heterocycles. The van der Waals surface area contributed by atoms with Gasteiger partial charge >= 0.3 is 0 Å². The van der Waals surface area contributed by atoms with Crippen molar-refractivity contribution in [2.24, 2.45) is 5.92 Å². The number of hydrogen-bond acceptors (Lipinski definition) is 3. The summed E-state index contributed by atoms with van der Waals surface area (Å²) in [7, 11) is 0. The van der Waals surface area contributed by atoms with Crippen LogP contribution in [0.25, 0.3) is 0 Å². The first-order valence-corrected chi connectivity index (χ1v) is 6.65. The molecule has 1 unspecified atom stereocenters. The molecule has 1 heterocycles. The Kier molecular flexibility index (Phi) is 5.73. The van der Waals surface area contributed by atoms with Crippen LogP contribution in [-0.2, 0) is 0 Å². The van der Waals surface area contributed by atoms with E-state index < -0.39 is 0 Å². The fourth-order valence-corrected chi connectivity index (χ4v) is 2.32. The van der Waals surface area contributed by atoms with Gasteiger partial charge in [-0.25, -0.2) is 0 Å². The van der Waals surface area contributed by atoms with Gasteiger partial charge in [-0.2, -0.15) is 0 Å². The maximum atomic E-state index is 9.68. The lowest BCUT2D eigenvalue weighted by molar-refractivity contribution is 0.0369. The molecule has 0 aliphatic carbocycles. The molecule has 16 heavy (non-hydrogen) atoms. The van der Waals surface area contributed by atoms with Gasteiger partial charge in [-0.1, -0.05) is 13.8 Å². The van der Waals surface area contributed by atoms with E-state index in [1.165, 1.54) is 12.8 Å². The molecule has 1 aliphatic heterocycles. The summed E-state index contributed by atoms with van der Waals surface area (Å²) < 4.78 is 0. The minimum atomic E-state index is -0.0176. The fraction of sp³-hybridized carbons (Fsp3) is 1.00. The topological polar surface area (TPSA) is 35.5 Å². The lowest BCUT2D eigenvalue weighted by Gasteiger charge is -2.40. The highest BCUT2D eigenvalue weighted by Gasteiger charge is 2.31. The van der Waals surface area contributed by atoms with Gasteiger partial charge in [0.05, 0.1) is 6.61 Å². The van der Waals surface area contributed by atoms with E-state index in [2.05, 4.69) is 31.0 Å². The van der Waals surface area contributed by atoms with Crippen molar-refractivity contribution in [3.05, 3.63) is 0 Å². The highest BCUT2D eigenvalue weighted by Crippen LogP contribution is 2.23. The lowest BCUT2D eigenvalue weighted by Crippen LogP contribution is -2.50. The van der Waals surface area contributed by atoms with Gasteiger partial charge in [0.25, 0.3) is 0 Å². The molecule has 0 aromatic rings. The molecule has 1 rings (SSSR count). The van der Waals surface area contributed by atoms with Crippen molar-refractivity contribution in [2.45, 2.75) is 45.6 Å². The van der Waals surface area contributed by atoms with E-state index in [4.69, 9.17) is 0 Å². The first kappa shape index (κ1) is 13.9. The van der Waals surface area contributed by atoms with E-state index in [-0.39, 0.29) is 12.1 Å². The van der Waals surface area contributed by atoms with Gasteiger partial charge in [0.15, 0.2) is 0 Å². The highest BCUT2D eigenvalue weighted by atomic mass is 16.3. The molecule has 0 aromatic heterocycles. The molecule has 0 bridgehead atoms. The number of aliphatic hydroxyl groups excluding tert-OH is 1. The Labute approximate surface area is 100 Å². The Morgan fingerprint density at radius 3 is 2.69 bits per heavy atom. The summed E-state index contributed by atoms with van der Waals surface area (Å²) >= 11 is 0. The van der Waals surface area contributed by atoms with E-state index in [9.17, 15) is 5.11 Å². The SMILES string of the molecule is CC(C)CCC(C)(CO)N1CCCNCC1. The average molecular weight is 228 g/mol. The normalized spacial score (nSPS) is 23.1. The minimum Gasteiger partial charge on any atom is -0.394 e. The van der Waals surface area contributed by atoms with Crippen LogP contribution < -0.4 is 5.32 Å². The van der Waals surface area contributed by atoms with E-state index in [1.54, 1.807) is 0 Å². The molecular formula is C13H28N2O. The Hall–Kier alpha value is -0.120. The molecule has 3 heteroatoms. The van der Waals surface area contributed by atoms with Gasteiger partial charge < -0.3 is 10.4 Å². The van der Waals surface area contributed by atoms with Crippen LogP contribution in [0.15, 0.2) is 0 Å². The van der Waals surface area contributed by atoms with Crippen LogP contribution in [-0.4, -0.2) is 48.3 Å². The van der Waals surface area contributed by atoms with Crippen molar-refractivity contribution in [1.82, 2.24) is 10.2 Å². The van der Waals surface area contributed by atoms with Crippen LogP contribution >= 0.6 is 0 Å². The Bertz CT molecular complexity index is 188. The standard InChI is InChI=1S/C13H28N2O/c1-12(2)5-6-13(3,11-16)15-9-4-7-14-8-10-15/h12,14,16H,4-11H2,1-3H3. The predicted octanol–water partition coefficient (Wildman–Crippen LogP) is 1.47. The van der Waals surface area contributed by atoms with Gasteiger partial charge in [-0.3, -0.25) is 4.90 Å². The third-order valence-corrected chi connectivity index (χ3v) is 3.70. The maximum absolute atomic E-state index is 9.68.